The molecule has 0 saturated heterocycles. The highest BCUT2D eigenvalue weighted by Crippen LogP contribution is 2.50. The van der Waals surface area contributed by atoms with Crippen LogP contribution in [0.2, 0.25) is 0 Å². The number of para-hydroxylation sites is 1. The summed E-state index contributed by atoms with van der Waals surface area (Å²) in [4.78, 5) is 15.4. The van der Waals surface area contributed by atoms with E-state index >= 15 is 0 Å². The molecule has 1 aliphatic carbocycles. The lowest BCUT2D eigenvalue weighted by Crippen LogP contribution is -2.14. The van der Waals surface area contributed by atoms with Gasteiger partial charge in [-0.1, -0.05) is 172 Å². The second kappa shape index (κ2) is 14.8. The van der Waals surface area contributed by atoms with Crippen LogP contribution < -0.4 is 0 Å². The average molecular weight is 843 g/mol. The van der Waals surface area contributed by atoms with Gasteiger partial charge in [0.25, 0.3) is 0 Å². The van der Waals surface area contributed by atoms with Crippen molar-refractivity contribution >= 4 is 43.4 Å². The molecule has 13 rings (SSSR count). The van der Waals surface area contributed by atoms with E-state index in [0.717, 1.165) is 44.2 Å². The van der Waals surface area contributed by atoms with E-state index in [-0.39, 0.29) is 5.41 Å². The Morgan fingerprint density at radius 2 is 0.788 bits per heavy atom. The summed E-state index contributed by atoms with van der Waals surface area (Å²) in [5, 5.41) is 7.07. The maximum absolute atomic E-state index is 5.13. The molecule has 0 unspecified atom stereocenters. The molecule has 0 spiro atoms. The minimum Gasteiger partial charge on any atom is -0.309 e. The summed E-state index contributed by atoms with van der Waals surface area (Å²) in [5.74, 6) is 1.91. The fraction of sp³-hybridized carbons (Fsp3) is 0.0484. The van der Waals surface area contributed by atoms with Gasteiger partial charge in [0, 0.05) is 38.6 Å². The van der Waals surface area contributed by atoms with E-state index in [0.29, 0.717) is 17.5 Å². The number of fused-ring (bicyclic) bond motifs is 8. The zero-order chi connectivity index (χ0) is 43.9. The molecule has 0 aliphatic heterocycles. The van der Waals surface area contributed by atoms with Gasteiger partial charge in [-0.15, -0.1) is 0 Å². The Morgan fingerprint density at radius 1 is 0.318 bits per heavy atom. The fourth-order valence-corrected chi connectivity index (χ4v) is 10.5. The largest absolute Gasteiger partial charge is 0.309 e. The molecule has 0 fully saturated rings. The molecule has 0 atom stereocenters. The topological polar surface area (TPSA) is 43.6 Å². The van der Waals surface area contributed by atoms with Crippen molar-refractivity contribution in [2.24, 2.45) is 0 Å². The molecule has 4 heteroatoms. The van der Waals surface area contributed by atoms with E-state index in [9.17, 15) is 0 Å². The Balaban J connectivity index is 0.896. The molecule has 1 aliphatic rings. The molecule has 0 saturated carbocycles. The van der Waals surface area contributed by atoms with Crippen LogP contribution in [0.1, 0.15) is 25.0 Å². The first-order valence-corrected chi connectivity index (χ1v) is 22.7. The van der Waals surface area contributed by atoms with Crippen molar-refractivity contribution in [3.8, 4) is 73.2 Å². The summed E-state index contributed by atoms with van der Waals surface area (Å²) >= 11 is 0. The van der Waals surface area contributed by atoms with Gasteiger partial charge in [0.1, 0.15) is 0 Å². The standard InChI is InChI=1S/C62H42N4/c1-62(2)55-21-11-9-19-51(55)52-33-29-45(38-56(52)62)50-18-8-7-17-49(50)44-30-34-58-54(37-44)53-20-10-12-22-57(53)66(58)48-31-27-41(28-32-48)59-63-60(46-25-23-39-13-3-5-15-42(39)35-46)65-61(64-59)47-26-24-40-14-4-6-16-43(40)36-47/h3-38H,1-2H3. The predicted molar refractivity (Wildman–Crippen MR) is 274 cm³/mol. The van der Waals surface area contributed by atoms with E-state index in [1.165, 1.54) is 66.1 Å². The fourth-order valence-electron chi connectivity index (χ4n) is 10.5. The third-order valence-electron chi connectivity index (χ3n) is 13.8. The highest BCUT2D eigenvalue weighted by molar-refractivity contribution is 6.11. The third kappa shape index (κ3) is 6.10. The van der Waals surface area contributed by atoms with Gasteiger partial charge in [-0.25, -0.2) is 15.0 Å². The Kier molecular flexibility index (Phi) is 8.53. The lowest BCUT2D eigenvalue weighted by Gasteiger charge is -2.22. The zero-order valence-corrected chi connectivity index (χ0v) is 36.6. The van der Waals surface area contributed by atoms with E-state index in [2.05, 4.69) is 237 Å². The number of benzene rings is 10. The smallest absolute Gasteiger partial charge is 0.164 e. The molecule has 10 aromatic carbocycles. The average Bonchev–Trinajstić information content (AvgIpc) is 3.83. The van der Waals surface area contributed by atoms with E-state index in [1.807, 2.05) is 0 Å². The van der Waals surface area contributed by atoms with Gasteiger partial charge in [-0.2, -0.15) is 0 Å². The van der Waals surface area contributed by atoms with Gasteiger partial charge in [0.2, 0.25) is 0 Å². The van der Waals surface area contributed by atoms with Crippen molar-refractivity contribution < 1.29 is 0 Å². The summed E-state index contributed by atoms with van der Waals surface area (Å²) in [6, 6.07) is 78.7. The lowest BCUT2D eigenvalue weighted by molar-refractivity contribution is 0.660. The summed E-state index contributed by atoms with van der Waals surface area (Å²) in [5.41, 5.74) is 16.5. The molecule has 310 valence electrons. The quantitative estimate of drug-likeness (QED) is 0.167. The van der Waals surface area contributed by atoms with Crippen LogP contribution in [0.5, 0.6) is 0 Å². The van der Waals surface area contributed by atoms with Crippen LogP contribution in [0.4, 0.5) is 0 Å². The summed E-state index contributed by atoms with van der Waals surface area (Å²) in [6.45, 7) is 4.70. The molecule has 66 heavy (non-hydrogen) atoms. The molecule has 2 heterocycles. The second-order valence-corrected chi connectivity index (χ2v) is 18.0. The van der Waals surface area contributed by atoms with Crippen LogP contribution in [0.25, 0.3) is 117 Å². The van der Waals surface area contributed by atoms with Crippen molar-refractivity contribution in [1.82, 2.24) is 19.5 Å². The number of aromatic nitrogens is 4. The van der Waals surface area contributed by atoms with Crippen LogP contribution in [0, 0.1) is 0 Å². The minimum atomic E-state index is -0.0667. The molecule has 0 N–H and O–H groups in total. The van der Waals surface area contributed by atoms with E-state index in [4.69, 9.17) is 15.0 Å². The van der Waals surface area contributed by atoms with Gasteiger partial charge >= 0.3 is 0 Å². The van der Waals surface area contributed by atoms with Gasteiger partial charge in [0.15, 0.2) is 17.5 Å². The van der Waals surface area contributed by atoms with E-state index < -0.39 is 0 Å². The van der Waals surface area contributed by atoms with Crippen molar-refractivity contribution in [3.05, 3.63) is 230 Å². The monoisotopic (exact) mass is 842 g/mol. The number of hydrogen-bond donors (Lipinski definition) is 0. The Hall–Kier alpha value is -8.47. The normalized spacial score (nSPS) is 12.8. The maximum atomic E-state index is 5.13. The highest BCUT2D eigenvalue weighted by Gasteiger charge is 2.35. The molecular weight excluding hydrogens is 801 g/mol. The summed E-state index contributed by atoms with van der Waals surface area (Å²) in [6.07, 6.45) is 0. The number of rotatable bonds is 6. The second-order valence-electron chi connectivity index (χ2n) is 18.0. The van der Waals surface area contributed by atoms with Crippen molar-refractivity contribution in [3.63, 3.8) is 0 Å². The van der Waals surface area contributed by atoms with Crippen LogP contribution in [-0.4, -0.2) is 19.5 Å². The first-order valence-electron chi connectivity index (χ1n) is 22.7. The molecule has 2 aromatic heterocycles. The maximum Gasteiger partial charge on any atom is 0.164 e. The zero-order valence-electron chi connectivity index (χ0n) is 36.6. The lowest BCUT2D eigenvalue weighted by atomic mass is 9.81. The van der Waals surface area contributed by atoms with Gasteiger partial charge in [0.05, 0.1) is 11.0 Å². The van der Waals surface area contributed by atoms with E-state index in [1.54, 1.807) is 0 Å². The first kappa shape index (κ1) is 38.0. The molecular formula is C62H42N4. The minimum absolute atomic E-state index is 0.0667. The SMILES string of the molecule is CC1(C)c2ccccc2-c2ccc(-c3ccccc3-c3ccc4c(c3)c3ccccc3n4-c3ccc(-c4nc(-c5ccc6ccccc6c5)nc(-c5ccc6ccccc6c5)n4)cc3)cc21. The Labute approximate surface area is 383 Å². The number of nitrogens with zero attached hydrogens (tertiary/aromatic N) is 4. The molecule has 0 radical (unpaired) electrons. The molecule has 0 amide bonds. The van der Waals surface area contributed by atoms with Crippen molar-refractivity contribution in [1.29, 1.82) is 0 Å². The Bertz CT molecular complexity index is 3820. The first-order chi connectivity index (χ1) is 32.4. The van der Waals surface area contributed by atoms with Crippen LogP contribution >= 0.6 is 0 Å². The molecule has 12 aromatic rings. The Morgan fingerprint density at radius 3 is 1.45 bits per heavy atom. The number of hydrogen-bond acceptors (Lipinski definition) is 3. The van der Waals surface area contributed by atoms with Gasteiger partial charge in [-0.05, 0) is 127 Å². The molecule has 4 nitrogen and oxygen atoms in total. The summed E-state index contributed by atoms with van der Waals surface area (Å²) < 4.78 is 2.37. The van der Waals surface area contributed by atoms with Crippen LogP contribution in [0.3, 0.4) is 0 Å². The summed E-state index contributed by atoms with van der Waals surface area (Å²) in [7, 11) is 0. The van der Waals surface area contributed by atoms with Gasteiger partial charge < -0.3 is 4.57 Å². The predicted octanol–water partition coefficient (Wildman–Crippen LogP) is 15.9. The van der Waals surface area contributed by atoms with Crippen LogP contribution in [-0.2, 0) is 5.41 Å². The molecule has 0 bridgehead atoms. The van der Waals surface area contributed by atoms with Crippen molar-refractivity contribution in [2.75, 3.05) is 0 Å². The van der Waals surface area contributed by atoms with Crippen LogP contribution in [0.15, 0.2) is 218 Å². The highest BCUT2D eigenvalue weighted by atomic mass is 15.0. The van der Waals surface area contributed by atoms with Gasteiger partial charge in [-0.3, -0.25) is 0 Å². The third-order valence-corrected chi connectivity index (χ3v) is 13.8. The van der Waals surface area contributed by atoms with Crippen molar-refractivity contribution in [2.45, 2.75) is 19.3 Å².